The molecule has 0 aliphatic heterocycles. The van der Waals surface area contributed by atoms with Gasteiger partial charge in [-0.15, -0.1) is 0 Å². The number of aliphatic carboxylic acids is 1. The van der Waals surface area contributed by atoms with Gasteiger partial charge in [-0.1, -0.05) is 6.42 Å². The summed E-state index contributed by atoms with van der Waals surface area (Å²) in [5.41, 5.74) is -1.09. The number of carboxylic acids is 1. The average Bonchev–Trinajstić information content (AvgIpc) is 2.85. The number of carbonyl (C=O) groups excluding carboxylic acids is 1. The van der Waals surface area contributed by atoms with E-state index in [9.17, 15) is 22.8 Å². The Morgan fingerprint density at radius 1 is 1.32 bits per heavy atom. The highest BCUT2D eigenvalue weighted by Crippen LogP contribution is 2.29. The molecule has 1 aliphatic carbocycles. The van der Waals surface area contributed by atoms with Crippen molar-refractivity contribution in [2.45, 2.75) is 38.4 Å². The van der Waals surface area contributed by atoms with E-state index in [2.05, 4.69) is 10.3 Å². The minimum Gasteiger partial charge on any atom is -0.481 e. The molecule has 0 unspecified atom stereocenters. The van der Waals surface area contributed by atoms with Crippen molar-refractivity contribution in [3.63, 3.8) is 0 Å². The van der Waals surface area contributed by atoms with Crippen LogP contribution in [0.25, 0.3) is 0 Å². The molecule has 8 heteroatoms. The molecule has 0 radical (unpaired) electrons. The normalized spacial score (nSPS) is 21.6. The molecule has 1 aliphatic rings. The van der Waals surface area contributed by atoms with Crippen LogP contribution in [0.1, 0.15) is 41.0 Å². The van der Waals surface area contributed by atoms with Crippen molar-refractivity contribution in [1.82, 2.24) is 10.3 Å². The quantitative estimate of drug-likeness (QED) is 0.897. The van der Waals surface area contributed by atoms with Gasteiger partial charge in [-0.25, -0.2) is 4.98 Å². The predicted octanol–water partition coefficient (Wildman–Crippen LogP) is 2.39. The Morgan fingerprint density at radius 3 is 2.55 bits per heavy atom. The molecule has 0 spiro atoms. The molecule has 1 heterocycles. The summed E-state index contributed by atoms with van der Waals surface area (Å²) in [5.74, 6) is -2.24. The molecule has 120 valence electrons. The fourth-order valence-corrected chi connectivity index (χ4v) is 2.63. The summed E-state index contributed by atoms with van der Waals surface area (Å²) < 4.78 is 37.6. The monoisotopic (exact) mass is 316 g/mol. The minimum absolute atomic E-state index is 0.0176. The van der Waals surface area contributed by atoms with E-state index >= 15 is 0 Å². The molecule has 22 heavy (non-hydrogen) atoms. The number of carbonyl (C=O) groups is 2. The van der Waals surface area contributed by atoms with Crippen LogP contribution in [0, 0.1) is 12.8 Å². The smallest absolute Gasteiger partial charge is 0.433 e. The first-order valence-corrected chi connectivity index (χ1v) is 6.78. The van der Waals surface area contributed by atoms with E-state index in [1.807, 2.05) is 0 Å². The van der Waals surface area contributed by atoms with Crippen LogP contribution in [0.15, 0.2) is 12.1 Å². The Labute approximate surface area is 124 Å². The van der Waals surface area contributed by atoms with Gasteiger partial charge in [-0.05, 0) is 31.9 Å². The summed E-state index contributed by atoms with van der Waals surface area (Å²) in [7, 11) is 0. The van der Waals surface area contributed by atoms with Gasteiger partial charge in [-0.2, -0.15) is 13.2 Å². The van der Waals surface area contributed by atoms with Crippen LogP contribution in [0.5, 0.6) is 0 Å². The van der Waals surface area contributed by atoms with Crippen LogP contribution in [0.3, 0.4) is 0 Å². The van der Waals surface area contributed by atoms with E-state index in [-0.39, 0.29) is 11.3 Å². The van der Waals surface area contributed by atoms with E-state index in [0.29, 0.717) is 19.3 Å². The minimum atomic E-state index is -4.57. The lowest BCUT2D eigenvalue weighted by Crippen LogP contribution is -2.40. The van der Waals surface area contributed by atoms with Crippen molar-refractivity contribution < 1.29 is 27.9 Å². The fourth-order valence-electron chi connectivity index (χ4n) is 2.63. The van der Waals surface area contributed by atoms with Gasteiger partial charge in [0.1, 0.15) is 5.69 Å². The molecule has 1 fully saturated rings. The molecular formula is C14H15F3N2O3. The van der Waals surface area contributed by atoms with Crippen molar-refractivity contribution in [3.8, 4) is 0 Å². The number of nitrogens with one attached hydrogen (secondary N) is 1. The Kier molecular flexibility index (Phi) is 4.39. The Bertz CT molecular complexity index is 601. The molecule has 0 bridgehead atoms. The first kappa shape index (κ1) is 16.3. The van der Waals surface area contributed by atoms with Crippen molar-refractivity contribution in [3.05, 3.63) is 29.1 Å². The Hall–Kier alpha value is -2.12. The number of carboxylic acid groups (broad SMARTS) is 1. The lowest BCUT2D eigenvalue weighted by Gasteiger charge is -2.18. The fraction of sp³-hybridized carbons (Fsp3) is 0.500. The van der Waals surface area contributed by atoms with Crippen molar-refractivity contribution >= 4 is 11.9 Å². The second-order valence-electron chi connectivity index (χ2n) is 5.28. The summed E-state index contributed by atoms with van der Waals surface area (Å²) in [6, 6.07) is 1.29. The molecule has 5 nitrogen and oxygen atoms in total. The van der Waals surface area contributed by atoms with Crippen molar-refractivity contribution in [2.24, 2.45) is 5.92 Å². The van der Waals surface area contributed by atoms with Crippen molar-refractivity contribution in [2.75, 3.05) is 0 Å². The topological polar surface area (TPSA) is 79.3 Å². The van der Waals surface area contributed by atoms with Crippen LogP contribution in [-0.2, 0) is 11.0 Å². The van der Waals surface area contributed by atoms with E-state index in [0.717, 1.165) is 12.1 Å². The molecule has 1 saturated carbocycles. The van der Waals surface area contributed by atoms with Crippen LogP contribution >= 0.6 is 0 Å². The number of rotatable bonds is 3. The summed E-state index contributed by atoms with van der Waals surface area (Å²) >= 11 is 0. The molecular weight excluding hydrogens is 301 g/mol. The maximum atomic E-state index is 12.5. The van der Waals surface area contributed by atoms with Gasteiger partial charge in [0.2, 0.25) is 0 Å². The number of pyridine rings is 1. The Morgan fingerprint density at radius 2 is 2.00 bits per heavy atom. The SMILES string of the molecule is Cc1nc(C(F)(F)F)ccc1C(=O)N[C@@H]1CCC[C@@H]1C(=O)O. The highest BCUT2D eigenvalue weighted by molar-refractivity contribution is 5.95. The third kappa shape index (κ3) is 3.37. The molecule has 2 atom stereocenters. The second kappa shape index (κ2) is 5.94. The number of nitrogens with zero attached hydrogens (tertiary/aromatic N) is 1. The van der Waals surface area contributed by atoms with Crippen LogP contribution < -0.4 is 5.32 Å². The van der Waals surface area contributed by atoms with Crippen LogP contribution in [0.2, 0.25) is 0 Å². The molecule has 0 aromatic carbocycles. The largest absolute Gasteiger partial charge is 0.481 e. The molecule has 1 amide bonds. The van der Waals surface area contributed by atoms with Gasteiger partial charge >= 0.3 is 12.1 Å². The molecule has 0 saturated heterocycles. The zero-order chi connectivity index (χ0) is 16.5. The van der Waals surface area contributed by atoms with E-state index in [1.54, 1.807) is 0 Å². The summed E-state index contributed by atoms with van der Waals surface area (Å²) in [6.45, 7) is 1.31. The number of hydrogen-bond donors (Lipinski definition) is 2. The van der Waals surface area contributed by atoms with Gasteiger partial charge in [0.15, 0.2) is 0 Å². The molecule has 1 aromatic heterocycles. The van der Waals surface area contributed by atoms with E-state index in [1.165, 1.54) is 6.92 Å². The number of aryl methyl sites for hydroxylation is 1. The van der Waals surface area contributed by atoms with Gasteiger partial charge in [0.25, 0.3) is 5.91 Å². The standard InChI is InChI=1S/C14H15F3N2O3/c1-7-8(5-6-11(18-7)14(15,16)17)12(20)19-10-4-2-3-9(10)13(21)22/h5-6,9-10H,2-4H2,1H3,(H,19,20)(H,21,22)/t9-,10+/m0/s1. The maximum Gasteiger partial charge on any atom is 0.433 e. The lowest BCUT2D eigenvalue weighted by atomic mass is 10.0. The average molecular weight is 316 g/mol. The molecule has 2 rings (SSSR count). The Balaban J connectivity index is 2.15. The molecule has 1 aromatic rings. The second-order valence-corrected chi connectivity index (χ2v) is 5.28. The maximum absolute atomic E-state index is 12.5. The van der Waals surface area contributed by atoms with E-state index in [4.69, 9.17) is 5.11 Å². The summed E-state index contributed by atoms with van der Waals surface area (Å²) in [4.78, 5) is 26.6. The van der Waals surface area contributed by atoms with Crippen LogP contribution in [-0.4, -0.2) is 28.0 Å². The third-order valence-corrected chi connectivity index (χ3v) is 3.77. The summed E-state index contributed by atoms with van der Waals surface area (Å²) in [5, 5.41) is 11.6. The third-order valence-electron chi connectivity index (χ3n) is 3.77. The highest BCUT2D eigenvalue weighted by Gasteiger charge is 2.35. The van der Waals surface area contributed by atoms with Crippen molar-refractivity contribution in [1.29, 1.82) is 0 Å². The summed E-state index contributed by atoms with van der Waals surface area (Å²) in [6.07, 6.45) is -2.87. The number of halogens is 3. The van der Waals surface area contributed by atoms with Gasteiger partial charge in [0, 0.05) is 6.04 Å². The zero-order valence-electron chi connectivity index (χ0n) is 11.8. The van der Waals surface area contributed by atoms with Gasteiger partial charge in [0.05, 0.1) is 17.2 Å². The van der Waals surface area contributed by atoms with Gasteiger partial charge < -0.3 is 10.4 Å². The lowest BCUT2D eigenvalue weighted by molar-refractivity contribution is -0.142. The number of hydrogen-bond acceptors (Lipinski definition) is 3. The number of aromatic nitrogens is 1. The highest BCUT2D eigenvalue weighted by atomic mass is 19.4. The first-order chi connectivity index (χ1) is 10.2. The first-order valence-electron chi connectivity index (χ1n) is 6.78. The zero-order valence-corrected chi connectivity index (χ0v) is 11.8. The van der Waals surface area contributed by atoms with Crippen LogP contribution in [0.4, 0.5) is 13.2 Å². The molecule has 2 N–H and O–H groups in total. The number of amides is 1. The van der Waals surface area contributed by atoms with Gasteiger partial charge in [-0.3, -0.25) is 9.59 Å². The number of alkyl halides is 3. The van der Waals surface area contributed by atoms with E-state index < -0.39 is 35.7 Å². The predicted molar refractivity (Wildman–Crippen MR) is 70.2 cm³/mol.